The van der Waals surface area contributed by atoms with Crippen molar-refractivity contribution in [2.75, 3.05) is 16.3 Å². The van der Waals surface area contributed by atoms with Crippen LogP contribution in [0.15, 0.2) is 67.1 Å². The SMILES string of the molecule is Cc1ncc(-c2ccc3ncnc(NC(C)c4ccccc4)c3c2)cc1NS(C)(=O)=O. The maximum absolute atomic E-state index is 11.7. The second-order valence-electron chi connectivity index (χ2n) is 7.46. The first-order valence-electron chi connectivity index (χ1n) is 9.81. The summed E-state index contributed by atoms with van der Waals surface area (Å²) in [6, 6.07) is 17.9. The molecule has 4 rings (SSSR count). The van der Waals surface area contributed by atoms with Gasteiger partial charge in [-0.3, -0.25) is 9.71 Å². The highest BCUT2D eigenvalue weighted by molar-refractivity contribution is 7.92. The van der Waals surface area contributed by atoms with Crippen LogP contribution in [0.25, 0.3) is 22.0 Å². The molecule has 1 atom stereocenters. The van der Waals surface area contributed by atoms with Crippen LogP contribution in [-0.2, 0) is 10.0 Å². The smallest absolute Gasteiger partial charge is 0.229 e. The molecule has 2 N–H and O–H groups in total. The molecule has 1 unspecified atom stereocenters. The summed E-state index contributed by atoms with van der Waals surface area (Å²) in [7, 11) is -3.40. The Morgan fingerprint density at radius 1 is 0.935 bits per heavy atom. The van der Waals surface area contributed by atoms with Gasteiger partial charge in [0.15, 0.2) is 0 Å². The molecule has 8 heteroatoms. The molecule has 0 fully saturated rings. The molecule has 0 aliphatic rings. The summed E-state index contributed by atoms with van der Waals surface area (Å²) >= 11 is 0. The quantitative estimate of drug-likeness (QED) is 0.463. The number of rotatable bonds is 6. The molecule has 0 aliphatic heterocycles. The molecular weight excluding hydrogens is 410 g/mol. The van der Waals surface area contributed by atoms with Gasteiger partial charge in [-0.05, 0) is 43.2 Å². The molecule has 31 heavy (non-hydrogen) atoms. The second kappa shape index (κ2) is 8.31. The van der Waals surface area contributed by atoms with Gasteiger partial charge in [0.1, 0.15) is 12.1 Å². The van der Waals surface area contributed by atoms with Gasteiger partial charge in [0.25, 0.3) is 0 Å². The van der Waals surface area contributed by atoms with E-state index in [1.165, 1.54) is 0 Å². The van der Waals surface area contributed by atoms with Crippen molar-refractivity contribution in [1.29, 1.82) is 0 Å². The zero-order valence-electron chi connectivity index (χ0n) is 17.5. The summed E-state index contributed by atoms with van der Waals surface area (Å²) < 4.78 is 25.9. The number of anilines is 2. The van der Waals surface area contributed by atoms with E-state index in [9.17, 15) is 8.42 Å². The van der Waals surface area contributed by atoms with Gasteiger partial charge in [0, 0.05) is 23.2 Å². The van der Waals surface area contributed by atoms with Crippen LogP contribution in [0.1, 0.15) is 24.2 Å². The molecule has 0 saturated heterocycles. The van der Waals surface area contributed by atoms with Crippen molar-refractivity contribution in [3.63, 3.8) is 0 Å². The van der Waals surface area contributed by atoms with Gasteiger partial charge < -0.3 is 5.32 Å². The molecule has 0 amide bonds. The lowest BCUT2D eigenvalue weighted by atomic mass is 10.0. The molecule has 2 aromatic carbocycles. The summed E-state index contributed by atoms with van der Waals surface area (Å²) in [5.74, 6) is 0.734. The maximum Gasteiger partial charge on any atom is 0.229 e. The van der Waals surface area contributed by atoms with Crippen LogP contribution in [0.5, 0.6) is 0 Å². The van der Waals surface area contributed by atoms with Gasteiger partial charge in [0.05, 0.1) is 23.2 Å². The Kier molecular flexibility index (Phi) is 5.56. The van der Waals surface area contributed by atoms with E-state index < -0.39 is 10.0 Å². The van der Waals surface area contributed by atoms with Crippen LogP contribution in [0.2, 0.25) is 0 Å². The van der Waals surface area contributed by atoms with Gasteiger partial charge in [0.2, 0.25) is 10.0 Å². The first kappa shape index (κ1) is 20.7. The monoisotopic (exact) mass is 433 g/mol. The first-order valence-corrected chi connectivity index (χ1v) is 11.7. The van der Waals surface area contributed by atoms with Crippen molar-refractivity contribution in [2.24, 2.45) is 0 Å². The molecule has 2 aromatic heterocycles. The topological polar surface area (TPSA) is 96.9 Å². The van der Waals surface area contributed by atoms with E-state index in [0.29, 0.717) is 11.4 Å². The van der Waals surface area contributed by atoms with Gasteiger partial charge in [-0.15, -0.1) is 0 Å². The summed E-state index contributed by atoms with van der Waals surface area (Å²) in [6.45, 7) is 3.85. The van der Waals surface area contributed by atoms with E-state index in [1.54, 1.807) is 25.5 Å². The molecular formula is C23H23N5O2S. The zero-order valence-corrected chi connectivity index (χ0v) is 18.3. The van der Waals surface area contributed by atoms with Crippen molar-refractivity contribution in [1.82, 2.24) is 15.0 Å². The van der Waals surface area contributed by atoms with E-state index in [4.69, 9.17) is 0 Å². The largest absolute Gasteiger partial charge is 0.363 e. The molecule has 0 saturated carbocycles. The number of nitrogens with zero attached hydrogens (tertiary/aromatic N) is 3. The second-order valence-corrected chi connectivity index (χ2v) is 9.21. The van der Waals surface area contributed by atoms with Gasteiger partial charge in [-0.2, -0.15) is 0 Å². The number of fused-ring (bicyclic) bond motifs is 1. The Hall–Kier alpha value is -3.52. The Balaban J connectivity index is 1.73. The summed E-state index contributed by atoms with van der Waals surface area (Å²) in [4.78, 5) is 13.2. The van der Waals surface area contributed by atoms with E-state index in [1.807, 2.05) is 36.4 Å². The van der Waals surface area contributed by atoms with Crippen molar-refractivity contribution in [3.05, 3.63) is 78.4 Å². The van der Waals surface area contributed by atoms with E-state index in [0.717, 1.165) is 39.7 Å². The number of hydrogen-bond acceptors (Lipinski definition) is 6. The Bertz CT molecular complexity index is 1340. The molecule has 0 radical (unpaired) electrons. The van der Waals surface area contributed by atoms with Crippen molar-refractivity contribution in [3.8, 4) is 11.1 Å². The van der Waals surface area contributed by atoms with Gasteiger partial charge >= 0.3 is 0 Å². The molecule has 7 nitrogen and oxygen atoms in total. The fourth-order valence-corrected chi connectivity index (χ4v) is 3.98. The van der Waals surface area contributed by atoms with E-state index in [2.05, 4.69) is 44.0 Å². The van der Waals surface area contributed by atoms with E-state index >= 15 is 0 Å². The predicted molar refractivity (Wildman–Crippen MR) is 124 cm³/mol. The lowest BCUT2D eigenvalue weighted by Crippen LogP contribution is -2.11. The highest BCUT2D eigenvalue weighted by atomic mass is 32.2. The highest BCUT2D eigenvalue weighted by Gasteiger charge is 2.12. The Morgan fingerprint density at radius 2 is 1.71 bits per heavy atom. The molecule has 158 valence electrons. The Labute approximate surface area is 181 Å². The van der Waals surface area contributed by atoms with Crippen molar-refractivity contribution in [2.45, 2.75) is 19.9 Å². The fourth-order valence-electron chi connectivity index (χ4n) is 3.38. The third-order valence-corrected chi connectivity index (χ3v) is 5.59. The molecule has 0 spiro atoms. The van der Waals surface area contributed by atoms with Gasteiger partial charge in [-0.25, -0.2) is 18.4 Å². The number of pyridine rings is 1. The summed E-state index contributed by atoms with van der Waals surface area (Å²) in [5, 5.41) is 4.35. The van der Waals surface area contributed by atoms with Crippen molar-refractivity contribution < 1.29 is 8.42 Å². The minimum absolute atomic E-state index is 0.0644. The summed E-state index contributed by atoms with van der Waals surface area (Å²) in [6.07, 6.45) is 4.40. The van der Waals surface area contributed by atoms with Crippen LogP contribution in [0.4, 0.5) is 11.5 Å². The minimum Gasteiger partial charge on any atom is -0.363 e. The number of aromatic nitrogens is 3. The number of hydrogen-bond donors (Lipinski definition) is 2. The fraction of sp³-hybridized carbons (Fsp3) is 0.174. The maximum atomic E-state index is 11.7. The third kappa shape index (κ3) is 4.80. The number of aryl methyl sites for hydroxylation is 1. The van der Waals surface area contributed by atoms with Crippen LogP contribution in [0.3, 0.4) is 0 Å². The molecule has 2 heterocycles. The molecule has 0 aliphatic carbocycles. The lowest BCUT2D eigenvalue weighted by molar-refractivity contribution is 0.606. The molecule has 4 aromatic rings. The normalized spacial score (nSPS) is 12.5. The van der Waals surface area contributed by atoms with Gasteiger partial charge in [-0.1, -0.05) is 36.4 Å². The minimum atomic E-state index is -3.40. The van der Waals surface area contributed by atoms with Crippen LogP contribution >= 0.6 is 0 Å². The standard InChI is InChI=1S/C23H23N5O2S/c1-15(17-7-5-4-6-8-17)27-23-20-11-18(9-10-21(20)25-14-26-23)19-12-22(16(2)24-13-19)28-31(3,29)30/h4-15,28H,1-3H3,(H,25,26,27). The van der Waals surface area contributed by atoms with Crippen molar-refractivity contribution >= 4 is 32.4 Å². The predicted octanol–water partition coefficient (Wildman–Crippen LogP) is 4.54. The average molecular weight is 434 g/mol. The first-order chi connectivity index (χ1) is 14.8. The van der Waals surface area contributed by atoms with Crippen LogP contribution < -0.4 is 10.0 Å². The summed E-state index contributed by atoms with van der Waals surface area (Å²) in [5.41, 5.74) is 4.73. The number of sulfonamides is 1. The highest BCUT2D eigenvalue weighted by Crippen LogP contribution is 2.30. The lowest BCUT2D eigenvalue weighted by Gasteiger charge is -2.16. The third-order valence-electron chi connectivity index (χ3n) is 5.00. The van der Waals surface area contributed by atoms with E-state index in [-0.39, 0.29) is 6.04 Å². The number of nitrogens with one attached hydrogen (secondary N) is 2. The average Bonchev–Trinajstić information content (AvgIpc) is 2.75. The van der Waals surface area contributed by atoms with Crippen LogP contribution in [0, 0.1) is 6.92 Å². The Morgan fingerprint density at radius 3 is 2.45 bits per heavy atom. The molecule has 0 bridgehead atoms. The number of benzene rings is 2. The van der Waals surface area contributed by atoms with Crippen LogP contribution in [-0.4, -0.2) is 29.6 Å². The zero-order chi connectivity index (χ0) is 22.0.